The molecule has 4 aromatic rings. The van der Waals surface area contributed by atoms with Crippen LogP contribution in [0.1, 0.15) is 11.1 Å². The lowest BCUT2D eigenvalue weighted by molar-refractivity contribution is -0.383. The summed E-state index contributed by atoms with van der Waals surface area (Å²) in [5.41, 5.74) is 3.92. The zero-order valence-electron chi connectivity index (χ0n) is 15.9. The highest BCUT2D eigenvalue weighted by atomic mass is 16.6. The number of pyridine rings is 1. The summed E-state index contributed by atoms with van der Waals surface area (Å²) >= 11 is 0. The summed E-state index contributed by atoms with van der Waals surface area (Å²) < 4.78 is 0. The fraction of sp³-hybridized carbons (Fsp3) is 0.0952. The predicted molar refractivity (Wildman–Crippen MR) is 113 cm³/mol. The minimum Gasteiger partial charge on any atom is -0.334 e. The standard InChI is InChI=1S/C21H18N6O2/c1-13-6-3-9-16(14(13)2)25-20-19(27(28)29)21(24-12-23-20)26-17-10-4-7-15-8-5-11-22-18(15)17/h3-12H,1-2H3,(H2,23,24,25,26). The van der Waals surface area contributed by atoms with Gasteiger partial charge in [-0.15, -0.1) is 0 Å². The van der Waals surface area contributed by atoms with E-state index in [1.165, 1.54) is 6.33 Å². The van der Waals surface area contributed by atoms with Gasteiger partial charge in [0.2, 0.25) is 11.6 Å². The second-order valence-electron chi connectivity index (χ2n) is 6.55. The monoisotopic (exact) mass is 386 g/mol. The molecule has 2 heterocycles. The van der Waals surface area contributed by atoms with Gasteiger partial charge in [0.05, 0.1) is 16.1 Å². The summed E-state index contributed by atoms with van der Waals surface area (Å²) in [4.78, 5) is 24.0. The highest BCUT2D eigenvalue weighted by Crippen LogP contribution is 2.35. The Morgan fingerprint density at radius 2 is 1.52 bits per heavy atom. The molecule has 0 atom stereocenters. The normalized spacial score (nSPS) is 10.7. The third-order valence-electron chi connectivity index (χ3n) is 4.75. The maximum absolute atomic E-state index is 11.9. The predicted octanol–water partition coefficient (Wildman–Crippen LogP) is 5.04. The number of nitrogens with zero attached hydrogens (tertiary/aromatic N) is 4. The Morgan fingerprint density at radius 3 is 2.28 bits per heavy atom. The van der Waals surface area contributed by atoms with Gasteiger partial charge in [-0.05, 0) is 43.2 Å². The number of nitro groups is 1. The molecule has 8 nitrogen and oxygen atoms in total. The topological polar surface area (TPSA) is 106 Å². The Morgan fingerprint density at radius 1 is 0.862 bits per heavy atom. The average molecular weight is 386 g/mol. The van der Waals surface area contributed by atoms with Gasteiger partial charge in [0.15, 0.2) is 0 Å². The fourth-order valence-electron chi connectivity index (χ4n) is 3.08. The van der Waals surface area contributed by atoms with Crippen LogP contribution >= 0.6 is 0 Å². The third-order valence-corrected chi connectivity index (χ3v) is 4.75. The lowest BCUT2D eigenvalue weighted by Crippen LogP contribution is -2.06. The highest BCUT2D eigenvalue weighted by Gasteiger charge is 2.24. The van der Waals surface area contributed by atoms with E-state index in [1.807, 2.05) is 56.3 Å². The van der Waals surface area contributed by atoms with Gasteiger partial charge in [-0.3, -0.25) is 15.1 Å². The number of benzene rings is 2. The van der Waals surface area contributed by atoms with Crippen LogP contribution in [-0.2, 0) is 0 Å². The van der Waals surface area contributed by atoms with Crippen molar-refractivity contribution in [1.29, 1.82) is 0 Å². The number of para-hydroxylation sites is 1. The Labute approximate surface area is 166 Å². The summed E-state index contributed by atoms with van der Waals surface area (Å²) in [5.74, 6) is 0.213. The second kappa shape index (κ2) is 7.51. The lowest BCUT2D eigenvalue weighted by Gasteiger charge is -2.13. The van der Waals surface area contributed by atoms with Crippen molar-refractivity contribution >= 4 is 39.6 Å². The molecule has 2 aromatic carbocycles. The Bertz CT molecular complexity index is 1220. The Balaban J connectivity index is 1.77. The molecule has 0 aliphatic rings. The first kappa shape index (κ1) is 18.3. The molecule has 2 N–H and O–H groups in total. The third kappa shape index (κ3) is 3.55. The molecule has 0 saturated heterocycles. The number of anilines is 4. The van der Waals surface area contributed by atoms with Gasteiger partial charge < -0.3 is 10.6 Å². The molecule has 0 spiro atoms. The molecule has 0 saturated carbocycles. The van der Waals surface area contributed by atoms with Crippen molar-refractivity contribution < 1.29 is 4.92 Å². The van der Waals surface area contributed by atoms with E-state index in [0.29, 0.717) is 11.2 Å². The number of hydrogen-bond acceptors (Lipinski definition) is 7. The average Bonchev–Trinajstić information content (AvgIpc) is 2.72. The first-order chi connectivity index (χ1) is 14.0. The number of aromatic nitrogens is 3. The van der Waals surface area contributed by atoms with Crippen molar-refractivity contribution in [3.8, 4) is 0 Å². The lowest BCUT2D eigenvalue weighted by atomic mass is 10.1. The van der Waals surface area contributed by atoms with Crippen LogP contribution in [0.4, 0.5) is 28.7 Å². The van der Waals surface area contributed by atoms with E-state index in [1.54, 1.807) is 12.3 Å². The maximum atomic E-state index is 11.9. The molecule has 0 bridgehead atoms. The van der Waals surface area contributed by atoms with E-state index < -0.39 is 4.92 Å². The number of aryl methyl sites for hydroxylation is 1. The zero-order chi connectivity index (χ0) is 20.4. The smallest absolute Gasteiger partial charge is 0.334 e. The highest BCUT2D eigenvalue weighted by molar-refractivity contribution is 5.93. The number of nitrogens with one attached hydrogen (secondary N) is 2. The maximum Gasteiger partial charge on any atom is 0.353 e. The Kier molecular flexibility index (Phi) is 4.74. The molecule has 0 unspecified atom stereocenters. The van der Waals surface area contributed by atoms with Crippen molar-refractivity contribution in [3.63, 3.8) is 0 Å². The molecular formula is C21H18N6O2. The number of hydrogen-bond donors (Lipinski definition) is 2. The molecule has 8 heteroatoms. The van der Waals surface area contributed by atoms with Crippen molar-refractivity contribution in [2.75, 3.05) is 10.6 Å². The molecule has 4 rings (SSSR count). The molecule has 0 radical (unpaired) electrons. The van der Waals surface area contributed by atoms with Crippen LogP contribution < -0.4 is 10.6 Å². The van der Waals surface area contributed by atoms with E-state index in [0.717, 1.165) is 22.2 Å². The van der Waals surface area contributed by atoms with Gasteiger partial charge >= 0.3 is 5.69 Å². The molecule has 2 aromatic heterocycles. The van der Waals surface area contributed by atoms with E-state index in [-0.39, 0.29) is 17.3 Å². The van der Waals surface area contributed by atoms with Crippen molar-refractivity contribution in [1.82, 2.24) is 15.0 Å². The van der Waals surface area contributed by atoms with Gasteiger partial charge in [0, 0.05) is 17.3 Å². The molecule has 0 fully saturated rings. The molecule has 0 aliphatic carbocycles. The van der Waals surface area contributed by atoms with Crippen LogP contribution in [0, 0.1) is 24.0 Å². The fourth-order valence-corrected chi connectivity index (χ4v) is 3.08. The largest absolute Gasteiger partial charge is 0.353 e. The van der Waals surface area contributed by atoms with Crippen LogP contribution in [0.2, 0.25) is 0 Å². The van der Waals surface area contributed by atoms with E-state index >= 15 is 0 Å². The van der Waals surface area contributed by atoms with E-state index in [4.69, 9.17) is 0 Å². The Hall–Kier alpha value is -4.07. The molecule has 0 amide bonds. The van der Waals surface area contributed by atoms with Crippen LogP contribution in [-0.4, -0.2) is 19.9 Å². The van der Waals surface area contributed by atoms with Crippen LogP contribution in [0.5, 0.6) is 0 Å². The summed E-state index contributed by atoms with van der Waals surface area (Å²) in [5, 5.41) is 18.9. The number of fused-ring (bicyclic) bond motifs is 1. The van der Waals surface area contributed by atoms with Crippen molar-refractivity contribution in [2.45, 2.75) is 13.8 Å². The van der Waals surface area contributed by atoms with Gasteiger partial charge in [0.1, 0.15) is 6.33 Å². The molecule has 0 aliphatic heterocycles. The first-order valence-electron chi connectivity index (χ1n) is 8.98. The summed E-state index contributed by atoms with van der Waals surface area (Å²) in [6, 6.07) is 15.1. The molecular weight excluding hydrogens is 368 g/mol. The summed E-state index contributed by atoms with van der Waals surface area (Å²) in [6.07, 6.45) is 2.97. The van der Waals surface area contributed by atoms with Gasteiger partial charge in [-0.2, -0.15) is 0 Å². The summed E-state index contributed by atoms with van der Waals surface area (Å²) in [7, 11) is 0. The van der Waals surface area contributed by atoms with Crippen molar-refractivity contribution in [3.05, 3.63) is 82.3 Å². The van der Waals surface area contributed by atoms with E-state index in [9.17, 15) is 10.1 Å². The van der Waals surface area contributed by atoms with Crippen LogP contribution in [0.25, 0.3) is 10.9 Å². The van der Waals surface area contributed by atoms with Gasteiger partial charge in [-0.1, -0.05) is 30.3 Å². The minimum absolute atomic E-state index is 0.0935. The van der Waals surface area contributed by atoms with Gasteiger partial charge in [-0.25, -0.2) is 9.97 Å². The zero-order valence-corrected chi connectivity index (χ0v) is 15.9. The quantitative estimate of drug-likeness (QED) is 0.366. The van der Waals surface area contributed by atoms with Gasteiger partial charge in [0.25, 0.3) is 0 Å². The SMILES string of the molecule is Cc1cccc(Nc2ncnc(Nc3cccc4cccnc34)c2[N+](=O)[O-])c1C. The first-order valence-corrected chi connectivity index (χ1v) is 8.98. The second-order valence-corrected chi connectivity index (χ2v) is 6.55. The molecule has 29 heavy (non-hydrogen) atoms. The van der Waals surface area contributed by atoms with Crippen LogP contribution in [0.15, 0.2) is 61.1 Å². The van der Waals surface area contributed by atoms with Crippen LogP contribution in [0.3, 0.4) is 0 Å². The van der Waals surface area contributed by atoms with E-state index in [2.05, 4.69) is 25.6 Å². The molecule has 144 valence electrons. The summed E-state index contributed by atoms with van der Waals surface area (Å²) in [6.45, 7) is 3.93. The minimum atomic E-state index is -0.492. The van der Waals surface area contributed by atoms with Crippen molar-refractivity contribution in [2.24, 2.45) is 0 Å². The number of rotatable bonds is 5.